The quantitative estimate of drug-likeness (QED) is 0.114. The van der Waals surface area contributed by atoms with Crippen molar-refractivity contribution in [3.8, 4) is 34.8 Å². The van der Waals surface area contributed by atoms with E-state index in [1.54, 1.807) is 21.1 Å². The molecule has 1 N–H and O–H groups in total. The van der Waals surface area contributed by atoms with Gasteiger partial charge in [0.15, 0.2) is 29.8 Å². The molecule has 17 heteroatoms. The number of piperazine rings is 1. The van der Waals surface area contributed by atoms with Crippen molar-refractivity contribution in [3.63, 3.8) is 0 Å². The molecule has 2 unspecified atom stereocenters. The van der Waals surface area contributed by atoms with Crippen molar-refractivity contribution in [2.24, 2.45) is 0 Å². The number of nitrogens with zero attached hydrogens (tertiary/aromatic N) is 3. The first-order valence-corrected chi connectivity index (χ1v) is 19.4. The number of rotatable bonds is 11. The number of amides is 1. The van der Waals surface area contributed by atoms with Gasteiger partial charge in [-0.1, -0.05) is 18.7 Å². The van der Waals surface area contributed by atoms with Gasteiger partial charge in [-0.05, 0) is 38.4 Å². The molecule has 300 valence electrons. The fraction of sp³-hybridized carbons (Fsp3) is 0.538. The maximum absolute atomic E-state index is 13.8. The van der Waals surface area contributed by atoms with Crippen LogP contribution in [0.2, 0.25) is 0 Å². The van der Waals surface area contributed by atoms with Crippen LogP contribution < -0.4 is 29.0 Å². The van der Waals surface area contributed by atoms with Crippen molar-refractivity contribution in [1.82, 2.24) is 15.1 Å². The first-order chi connectivity index (χ1) is 27.1. The van der Waals surface area contributed by atoms with Crippen LogP contribution in [0, 0.1) is 25.2 Å². The Labute approximate surface area is 329 Å². The fourth-order valence-electron chi connectivity index (χ4n) is 8.81. The molecule has 0 saturated carbocycles. The molecule has 4 bridgehead atoms. The average molecular weight is 795 g/mol. The van der Waals surface area contributed by atoms with Gasteiger partial charge < -0.3 is 47.9 Å². The highest BCUT2D eigenvalue weighted by atomic mass is 32.2. The average Bonchev–Trinajstić information content (AvgIpc) is 3.66. The summed E-state index contributed by atoms with van der Waals surface area (Å²) in [7, 11) is 5.19. The first-order valence-electron chi connectivity index (χ1n) is 18.3. The zero-order valence-electron chi connectivity index (χ0n) is 32.2. The normalized spacial score (nSPS) is 26.1. The lowest BCUT2D eigenvalue weighted by Gasteiger charge is -2.61. The number of fused-ring (bicyclic) bond motifs is 10. The molecule has 1 amide bonds. The summed E-state index contributed by atoms with van der Waals surface area (Å²) in [5.41, 5.74) is 4.57. The molecule has 56 heavy (non-hydrogen) atoms. The Morgan fingerprint density at radius 1 is 1.11 bits per heavy atom. The third-order valence-corrected chi connectivity index (χ3v) is 12.4. The zero-order valence-corrected chi connectivity index (χ0v) is 33.0. The second-order valence-corrected chi connectivity index (χ2v) is 15.3. The van der Waals surface area contributed by atoms with Crippen molar-refractivity contribution in [3.05, 3.63) is 52.1 Å². The second-order valence-electron chi connectivity index (χ2n) is 14.1. The van der Waals surface area contributed by atoms with E-state index in [1.165, 1.54) is 24.8 Å². The predicted molar refractivity (Wildman–Crippen MR) is 200 cm³/mol. The van der Waals surface area contributed by atoms with Crippen molar-refractivity contribution in [2.75, 3.05) is 67.0 Å². The van der Waals surface area contributed by atoms with Crippen LogP contribution >= 0.6 is 11.8 Å². The molecule has 2 aromatic carbocycles. The van der Waals surface area contributed by atoms with E-state index in [-0.39, 0.29) is 38.6 Å². The Hall–Kier alpha value is -4.73. The lowest BCUT2D eigenvalue weighted by molar-refractivity contribution is -0.151. The summed E-state index contributed by atoms with van der Waals surface area (Å²) in [5, 5.41) is 13.2. The highest BCUT2D eigenvalue weighted by Gasteiger charge is 2.61. The lowest BCUT2D eigenvalue weighted by atomic mass is 9.71. The van der Waals surface area contributed by atoms with Crippen LogP contribution in [0.15, 0.2) is 18.7 Å². The molecule has 8 rings (SSSR count). The topological polar surface area (TPSA) is 177 Å². The first kappa shape index (κ1) is 39.5. The van der Waals surface area contributed by atoms with Crippen LogP contribution in [0.25, 0.3) is 0 Å². The third-order valence-electron chi connectivity index (χ3n) is 11.0. The summed E-state index contributed by atoms with van der Waals surface area (Å²) in [6, 6.07) is 0.866. The number of benzene rings is 2. The van der Waals surface area contributed by atoms with Crippen LogP contribution in [0.3, 0.4) is 0 Å². The molecule has 2 saturated heterocycles. The fourth-order valence-corrected chi connectivity index (χ4v) is 10.3. The van der Waals surface area contributed by atoms with E-state index in [0.29, 0.717) is 65.1 Å². The monoisotopic (exact) mass is 794 g/mol. The Morgan fingerprint density at radius 3 is 2.61 bits per heavy atom. The van der Waals surface area contributed by atoms with Gasteiger partial charge in [0.2, 0.25) is 6.79 Å². The van der Waals surface area contributed by atoms with Crippen molar-refractivity contribution >= 4 is 29.8 Å². The molecule has 0 spiro atoms. The van der Waals surface area contributed by atoms with E-state index >= 15 is 0 Å². The van der Waals surface area contributed by atoms with E-state index in [0.717, 1.165) is 16.7 Å². The number of carbonyl (C=O) groups excluding carboxylic acids is 3. The zero-order chi connectivity index (χ0) is 39.8. The summed E-state index contributed by atoms with van der Waals surface area (Å²) in [4.78, 5) is 43.8. The molecule has 2 aromatic rings. The van der Waals surface area contributed by atoms with Crippen LogP contribution in [0.4, 0.5) is 4.79 Å². The molecule has 6 aliphatic heterocycles. The smallest absolute Gasteiger partial charge is 0.408 e. The molecular formula is C39H46N4O12S. The van der Waals surface area contributed by atoms with Crippen molar-refractivity contribution in [2.45, 2.75) is 68.7 Å². The Balaban J connectivity index is 1.46. The van der Waals surface area contributed by atoms with E-state index in [2.05, 4.69) is 33.8 Å². The van der Waals surface area contributed by atoms with Gasteiger partial charge in [-0.2, -0.15) is 5.26 Å². The second kappa shape index (κ2) is 16.4. The third kappa shape index (κ3) is 6.76. The predicted octanol–water partition coefficient (Wildman–Crippen LogP) is 3.81. The number of alkyl carbamates (subject to hydrolysis) is 1. The standard InChI is InChI=1S/C39H46N4O12S/c1-8-9-50-39(46)41-23-16-56-37-29-28(36-34(53-18-54-36)20(3)33(29)55-21(4)44)26(15-51-38(23)45)43-25(14-40)24-13-22-12-19(2)32(48-7)35(52-17-49-11-10-47-6)27(22)30(31(37)43)42(24)5/h8,12,23-26,30-31,37H,1,9-11,13,15-18H2,2-7H3,(H,41,46)/t23?,24-,25-,26-,30+,31?,37+/m0/s1. The van der Waals surface area contributed by atoms with Gasteiger partial charge in [-0.25, -0.2) is 9.59 Å². The van der Waals surface area contributed by atoms with E-state index in [9.17, 15) is 19.6 Å². The molecule has 6 aliphatic rings. The summed E-state index contributed by atoms with van der Waals surface area (Å²) in [6.45, 7) is 8.97. The number of hydrogen-bond donors (Lipinski definition) is 1. The minimum atomic E-state index is -1.11. The highest BCUT2D eigenvalue weighted by molar-refractivity contribution is 7.99. The van der Waals surface area contributed by atoms with Crippen LogP contribution in [-0.2, 0) is 35.0 Å². The molecule has 2 fully saturated rings. The number of aryl methyl sites for hydroxylation is 1. The number of thioether (sulfide) groups is 1. The van der Waals surface area contributed by atoms with Gasteiger partial charge in [0, 0.05) is 54.1 Å². The molecule has 16 nitrogen and oxygen atoms in total. The molecule has 6 heterocycles. The summed E-state index contributed by atoms with van der Waals surface area (Å²) in [5.74, 6) is 1.05. The summed E-state index contributed by atoms with van der Waals surface area (Å²) >= 11 is 1.37. The van der Waals surface area contributed by atoms with E-state index < -0.39 is 53.5 Å². The minimum absolute atomic E-state index is 0.0337. The van der Waals surface area contributed by atoms with Gasteiger partial charge in [-0.3, -0.25) is 14.6 Å². The van der Waals surface area contributed by atoms with E-state index in [1.807, 2.05) is 14.0 Å². The lowest BCUT2D eigenvalue weighted by Crippen LogP contribution is -2.69. The Bertz CT molecular complexity index is 1950. The molecule has 0 aliphatic carbocycles. The van der Waals surface area contributed by atoms with Crippen molar-refractivity contribution in [1.29, 1.82) is 5.26 Å². The SMILES string of the molecule is C=CCOC(=O)NC1CS[C@@H]2c3c(OC(C)=O)c(C)c4c(c3[C@H](COC1=O)N1C2[C@H]2c3c(cc(C)c(OC)c3OCOCCOC)C[C@@H]([C@@H]1C#N)N2C)OCO4. The van der Waals surface area contributed by atoms with Gasteiger partial charge in [0.25, 0.3) is 0 Å². The number of hydrogen-bond acceptors (Lipinski definition) is 16. The van der Waals surface area contributed by atoms with Gasteiger partial charge >= 0.3 is 18.0 Å². The maximum Gasteiger partial charge on any atom is 0.408 e. The summed E-state index contributed by atoms with van der Waals surface area (Å²) < 4.78 is 52.9. The van der Waals surface area contributed by atoms with Gasteiger partial charge in [0.1, 0.15) is 31.0 Å². The number of carbonyl (C=O) groups is 3. The van der Waals surface area contributed by atoms with Crippen molar-refractivity contribution < 1.29 is 57.0 Å². The number of ether oxygens (including phenoxy) is 9. The molecule has 0 radical (unpaired) electrons. The van der Waals surface area contributed by atoms with Crippen LogP contribution in [0.5, 0.6) is 28.7 Å². The number of nitriles is 1. The Morgan fingerprint density at radius 2 is 1.89 bits per heavy atom. The van der Waals surface area contributed by atoms with Crippen LogP contribution in [-0.4, -0.2) is 119 Å². The Kier molecular flexibility index (Phi) is 11.6. The summed E-state index contributed by atoms with van der Waals surface area (Å²) in [6.07, 6.45) is 1.13. The minimum Gasteiger partial charge on any atom is -0.493 e. The highest BCUT2D eigenvalue weighted by Crippen LogP contribution is 2.64. The molecular weight excluding hydrogens is 749 g/mol. The number of nitrogens with one attached hydrogen (secondary N) is 1. The maximum atomic E-state index is 13.8. The van der Waals surface area contributed by atoms with Gasteiger partial charge in [0.05, 0.1) is 43.7 Å². The van der Waals surface area contributed by atoms with Crippen LogP contribution in [0.1, 0.15) is 57.6 Å². The largest absolute Gasteiger partial charge is 0.493 e. The molecule has 7 atom stereocenters. The number of likely N-dealkylation sites (N-methyl/N-ethyl adjacent to an activating group) is 1. The molecule has 0 aromatic heterocycles. The van der Waals surface area contributed by atoms with E-state index in [4.69, 9.17) is 42.6 Å². The number of esters is 2. The number of methoxy groups -OCH3 is 2. The van der Waals surface area contributed by atoms with Gasteiger partial charge in [-0.15, -0.1) is 11.8 Å².